The molecule has 1 aromatic heterocycles. The number of aromatic nitrogens is 1. The summed E-state index contributed by atoms with van der Waals surface area (Å²) in [6, 6.07) is 7.85. The van der Waals surface area contributed by atoms with Crippen LogP contribution < -0.4 is 4.74 Å². The molecule has 1 heterocycles. The lowest BCUT2D eigenvalue weighted by molar-refractivity contribution is 0.112. The Hall–Kier alpha value is -2.03. The van der Waals surface area contributed by atoms with Crippen LogP contribution in [0.1, 0.15) is 21.6 Å². The van der Waals surface area contributed by atoms with E-state index < -0.39 is 0 Å². The van der Waals surface area contributed by atoms with Gasteiger partial charge in [-0.25, -0.2) is 0 Å². The first-order chi connectivity index (χ1) is 8.61. The average Bonchev–Trinajstić information content (AvgIpc) is 2.60. The van der Waals surface area contributed by atoms with E-state index in [0.717, 1.165) is 40.1 Å². The van der Waals surface area contributed by atoms with Gasteiger partial charge in [0.15, 0.2) is 6.29 Å². The molecule has 18 heavy (non-hydrogen) atoms. The smallest absolute Gasteiger partial charge is 0.152 e. The topological polar surface area (TPSA) is 31.2 Å². The van der Waals surface area contributed by atoms with E-state index in [0.29, 0.717) is 0 Å². The van der Waals surface area contributed by atoms with Crippen LogP contribution in [0, 0.1) is 13.8 Å². The van der Waals surface area contributed by atoms with Crippen molar-refractivity contribution in [3.05, 3.63) is 41.1 Å². The highest BCUT2D eigenvalue weighted by molar-refractivity contribution is 5.85. The SMILES string of the molecule is COc1ccccc1-c1c(C)c(C=O)c(C)n1C. The lowest BCUT2D eigenvalue weighted by Gasteiger charge is -2.11. The summed E-state index contributed by atoms with van der Waals surface area (Å²) in [7, 11) is 3.63. The third kappa shape index (κ3) is 1.72. The van der Waals surface area contributed by atoms with Crippen molar-refractivity contribution < 1.29 is 9.53 Å². The maximum absolute atomic E-state index is 11.2. The van der Waals surface area contributed by atoms with Gasteiger partial charge in [0.25, 0.3) is 0 Å². The van der Waals surface area contributed by atoms with Crippen LogP contribution in [0.4, 0.5) is 0 Å². The highest BCUT2D eigenvalue weighted by Crippen LogP contribution is 2.35. The number of benzene rings is 1. The summed E-state index contributed by atoms with van der Waals surface area (Å²) in [6.07, 6.45) is 0.920. The van der Waals surface area contributed by atoms with Crippen LogP contribution in [0.2, 0.25) is 0 Å². The number of rotatable bonds is 3. The second-order valence-corrected chi connectivity index (χ2v) is 4.35. The van der Waals surface area contributed by atoms with Gasteiger partial charge in [-0.05, 0) is 31.5 Å². The third-order valence-corrected chi connectivity index (χ3v) is 3.47. The zero-order valence-corrected chi connectivity index (χ0v) is 11.2. The quantitative estimate of drug-likeness (QED) is 0.775. The van der Waals surface area contributed by atoms with Gasteiger partial charge in [-0.1, -0.05) is 12.1 Å². The van der Waals surface area contributed by atoms with Crippen molar-refractivity contribution in [2.24, 2.45) is 7.05 Å². The summed E-state index contributed by atoms with van der Waals surface area (Å²) >= 11 is 0. The minimum Gasteiger partial charge on any atom is -0.496 e. The van der Waals surface area contributed by atoms with Gasteiger partial charge in [-0.15, -0.1) is 0 Å². The molecule has 0 aliphatic rings. The first-order valence-electron chi connectivity index (χ1n) is 5.86. The zero-order chi connectivity index (χ0) is 13.3. The van der Waals surface area contributed by atoms with Gasteiger partial charge in [0.05, 0.1) is 12.8 Å². The summed E-state index contributed by atoms with van der Waals surface area (Å²) in [4.78, 5) is 11.2. The fraction of sp³-hybridized carbons (Fsp3) is 0.267. The summed E-state index contributed by atoms with van der Waals surface area (Å²) in [5, 5.41) is 0. The largest absolute Gasteiger partial charge is 0.496 e. The second kappa shape index (κ2) is 4.69. The molecule has 0 bridgehead atoms. The Morgan fingerprint density at radius 1 is 1.22 bits per heavy atom. The molecule has 94 valence electrons. The highest BCUT2D eigenvalue weighted by atomic mass is 16.5. The first-order valence-corrected chi connectivity index (χ1v) is 5.86. The molecule has 1 aromatic carbocycles. The van der Waals surface area contributed by atoms with Crippen LogP contribution in [0.5, 0.6) is 5.75 Å². The molecule has 3 heteroatoms. The number of methoxy groups -OCH3 is 1. The van der Waals surface area contributed by atoms with Crippen molar-refractivity contribution in [2.75, 3.05) is 7.11 Å². The molecule has 0 spiro atoms. The van der Waals surface area contributed by atoms with Crippen molar-refractivity contribution in [3.63, 3.8) is 0 Å². The fourth-order valence-corrected chi connectivity index (χ4v) is 2.40. The van der Waals surface area contributed by atoms with Crippen LogP contribution in [-0.4, -0.2) is 18.0 Å². The predicted molar refractivity (Wildman–Crippen MR) is 72.3 cm³/mol. The predicted octanol–water partition coefficient (Wildman–Crippen LogP) is 3.13. The molecule has 3 nitrogen and oxygen atoms in total. The molecule has 0 saturated carbocycles. The number of hydrogen-bond acceptors (Lipinski definition) is 2. The summed E-state index contributed by atoms with van der Waals surface area (Å²) in [6.45, 7) is 3.92. The monoisotopic (exact) mass is 243 g/mol. The molecule has 0 fully saturated rings. The number of carbonyl (C=O) groups is 1. The summed E-state index contributed by atoms with van der Waals surface area (Å²) in [5.74, 6) is 0.818. The van der Waals surface area contributed by atoms with Gasteiger partial charge in [0, 0.05) is 23.9 Å². The number of ether oxygens (including phenoxy) is 1. The maximum atomic E-state index is 11.2. The molecule has 0 radical (unpaired) electrons. The fourth-order valence-electron chi connectivity index (χ4n) is 2.40. The number of hydrogen-bond donors (Lipinski definition) is 0. The van der Waals surface area contributed by atoms with Crippen LogP contribution in [0.25, 0.3) is 11.3 Å². The molecule has 0 amide bonds. The molecule has 0 unspecified atom stereocenters. The molecule has 0 saturated heterocycles. The Bertz CT molecular complexity index is 597. The van der Waals surface area contributed by atoms with E-state index in [1.165, 1.54) is 0 Å². The van der Waals surface area contributed by atoms with Gasteiger partial charge in [-0.2, -0.15) is 0 Å². The number of para-hydroxylation sites is 1. The minimum absolute atomic E-state index is 0.762. The van der Waals surface area contributed by atoms with Crippen molar-refractivity contribution in [3.8, 4) is 17.0 Å². The lowest BCUT2D eigenvalue weighted by Crippen LogP contribution is -1.97. The van der Waals surface area contributed by atoms with Gasteiger partial charge in [0.2, 0.25) is 0 Å². The highest BCUT2D eigenvalue weighted by Gasteiger charge is 2.18. The number of aldehydes is 1. The van der Waals surface area contributed by atoms with Gasteiger partial charge in [0.1, 0.15) is 5.75 Å². The van der Waals surface area contributed by atoms with Gasteiger partial charge < -0.3 is 9.30 Å². The Morgan fingerprint density at radius 2 is 1.89 bits per heavy atom. The number of nitrogens with zero attached hydrogens (tertiary/aromatic N) is 1. The molecule has 0 N–H and O–H groups in total. The van der Waals surface area contributed by atoms with Gasteiger partial charge in [-0.3, -0.25) is 4.79 Å². The summed E-state index contributed by atoms with van der Waals surface area (Å²) < 4.78 is 7.43. The zero-order valence-electron chi connectivity index (χ0n) is 11.2. The molecule has 0 aliphatic carbocycles. The molecular formula is C15H17NO2. The Morgan fingerprint density at radius 3 is 2.44 bits per heavy atom. The molecular weight excluding hydrogens is 226 g/mol. The van der Waals surface area contributed by atoms with E-state index in [-0.39, 0.29) is 0 Å². The second-order valence-electron chi connectivity index (χ2n) is 4.35. The molecule has 0 atom stereocenters. The van der Waals surface area contributed by atoms with Crippen LogP contribution in [0.15, 0.2) is 24.3 Å². The van der Waals surface area contributed by atoms with E-state index in [9.17, 15) is 4.79 Å². The maximum Gasteiger partial charge on any atom is 0.152 e. The van der Waals surface area contributed by atoms with E-state index in [2.05, 4.69) is 0 Å². The van der Waals surface area contributed by atoms with Crippen molar-refractivity contribution >= 4 is 6.29 Å². The van der Waals surface area contributed by atoms with Crippen LogP contribution >= 0.6 is 0 Å². The van der Waals surface area contributed by atoms with E-state index in [4.69, 9.17) is 4.74 Å². The first kappa shape index (κ1) is 12.4. The summed E-state index contributed by atoms with van der Waals surface area (Å²) in [5.41, 5.74) is 4.78. The van der Waals surface area contributed by atoms with Crippen LogP contribution in [0.3, 0.4) is 0 Å². The molecule has 0 aliphatic heterocycles. The van der Waals surface area contributed by atoms with E-state index in [1.807, 2.05) is 49.7 Å². The van der Waals surface area contributed by atoms with Crippen molar-refractivity contribution in [1.82, 2.24) is 4.57 Å². The Labute approximate surface area is 107 Å². The number of carbonyl (C=O) groups excluding carboxylic acids is 1. The Balaban J connectivity index is 2.75. The van der Waals surface area contributed by atoms with Crippen LogP contribution in [-0.2, 0) is 7.05 Å². The molecule has 2 rings (SSSR count). The van der Waals surface area contributed by atoms with Gasteiger partial charge >= 0.3 is 0 Å². The third-order valence-electron chi connectivity index (χ3n) is 3.47. The van der Waals surface area contributed by atoms with Crippen molar-refractivity contribution in [1.29, 1.82) is 0 Å². The normalized spacial score (nSPS) is 10.4. The Kier molecular flexibility index (Phi) is 3.24. The van der Waals surface area contributed by atoms with E-state index in [1.54, 1.807) is 7.11 Å². The average molecular weight is 243 g/mol. The van der Waals surface area contributed by atoms with Crippen molar-refractivity contribution in [2.45, 2.75) is 13.8 Å². The molecule has 2 aromatic rings. The minimum atomic E-state index is 0.762. The van der Waals surface area contributed by atoms with E-state index >= 15 is 0 Å². The standard InChI is InChI=1S/C15H17NO2/c1-10-13(9-17)11(2)16(3)15(10)12-7-5-6-8-14(12)18-4/h5-9H,1-4H3. The lowest BCUT2D eigenvalue weighted by atomic mass is 10.0.